The smallest absolute Gasteiger partial charge is 0.368 e. The van der Waals surface area contributed by atoms with E-state index in [1.54, 1.807) is 0 Å². The Hall–Kier alpha value is -1.27. The third kappa shape index (κ3) is 1.55. The van der Waals surface area contributed by atoms with Gasteiger partial charge in [0.1, 0.15) is 6.04 Å². The van der Waals surface area contributed by atoms with Gasteiger partial charge in [-0.25, -0.2) is 0 Å². The maximum absolute atomic E-state index is 12.2. The van der Waals surface area contributed by atoms with Crippen LogP contribution < -0.4 is 5.73 Å². The summed E-state index contributed by atoms with van der Waals surface area (Å²) in [6, 6.07) is -1.51. The van der Waals surface area contributed by atoms with Crippen molar-refractivity contribution in [3.05, 3.63) is 0 Å². The third-order valence-electron chi connectivity index (χ3n) is 2.91. The van der Waals surface area contributed by atoms with Crippen molar-refractivity contribution in [3.8, 4) is 0 Å². The molecule has 2 rings (SSSR count). The Morgan fingerprint density at radius 3 is 2.33 bits per heavy atom. The summed E-state index contributed by atoms with van der Waals surface area (Å²) in [7, 11) is 0. The fourth-order valence-electron chi connectivity index (χ4n) is 2.15. The number of nitrogens with two attached hydrogens (primary N) is 1. The minimum atomic E-state index is -4.93. The highest BCUT2D eigenvalue weighted by Crippen LogP contribution is 2.48. The number of halogens is 3. The molecule has 4 nitrogen and oxygen atoms in total. The summed E-state index contributed by atoms with van der Waals surface area (Å²) in [4.78, 5) is 22.5. The van der Waals surface area contributed by atoms with Crippen LogP contribution in [-0.4, -0.2) is 35.0 Å². The van der Waals surface area contributed by atoms with Gasteiger partial charge in [0.05, 0.1) is 0 Å². The number of alkyl halides is 3. The Labute approximate surface area is 83.2 Å². The van der Waals surface area contributed by atoms with Crippen LogP contribution in [-0.2, 0) is 9.59 Å². The molecule has 0 bridgehead atoms. The van der Waals surface area contributed by atoms with Gasteiger partial charge in [-0.15, -0.1) is 0 Å². The fraction of sp³-hybridized carbons (Fsp3) is 0.750. The van der Waals surface area contributed by atoms with Crippen LogP contribution in [0.2, 0.25) is 0 Å². The Morgan fingerprint density at radius 1 is 1.27 bits per heavy atom. The average molecular weight is 222 g/mol. The number of hydrogen-bond acceptors (Lipinski definition) is 2. The molecule has 1 aliphatic heterocycles. The highest BCUT2D eigenvalue weighted by atomic mass is 19.4. The quantitative estimate of drug-likeness (QED) is 0.680. The fourth-order valence-corrected chi connectivity index (χ4v) is 2.15. The molecule has 1 heterocycles. The Kier molecular flexibility index (Phi) is 1.96. The lowest BCUT2D eigenvalue weighted by Gasteiger charge is -2.25. The van der Waals surface area contributed by atoms with Crippen LogP contribution in [0.3, 0.4) is 0 Å². The third-order valence-corrected chi connectivity index (χ3v) is 2.91. The van der Waals surface area contributed by atoms with Gasteiger partial charge in [-0.05, 0) is 18.8 Å². The molecule has 0 aromatic heterocycles. The number of carbonyl (C=O) groups is 2. The Bertz CT molecular complexity index is 328. The predicted octanol–water partition coefficient (Wildman–Crippen LogP) is 0.0234. The molecule has 2 N–H and O–H groups in total. The topological polar surface area (TPSA) is 63.4 Å². The molecule has 15 heavy (non-hydrogen) atoms. The number of nitrogens with zero attached hydrogens (tertiary/aromatic N) is 1. The summed E-state index contributed by atoms with van der Waals surface area (Å²) in [6.07, 6.45) is -4.11. The molecular weight excluding hydrogens is 213 g/mol. The number of carbonyl (C=O) groups excluding carboxylic acids is 2. The van der Waals surface area contributed by atoms with Crippen molar-refractivity contribution >= 4 is 11.8 Å². The van der Waals surface area contributed by atoms with E-state index < -0.39 is 30.1 Å². The molecule has 2 amide bonds. The van der Waals surface area contributed by atoms with Crippen molar-refractivity contribution in [3.63, 3.8) is 0 Å². The first-order valence-electron chi connectivity index (χ1n) is 4.51. The second-order valence-corrected chi connectivity index (χ2v) is 3.93. The molecular formula is C8H9F3N2O2. The number of piperidine rings is 1. The summed E-state index contributed by atoms with van der Waals surface area (Å²) in [6.45, 7) is 0. The van der Waals surface area contributed by atoms with Gasteiger partial charge in [0, 0.05) is 6.04 Å². The lowest BCUT2D eigenvalue weighted by atomic mass is 10.1. The van der Waals surface area contributed by atoms with Crippen LogP contribution in [0.1, 0.15) is 12.8 Å². The molecule has 0 aromatic carbocycles. The second-order valence-electron chi connectivity index (χ2n) is 3.93. The molecule has 0 radical (unpaired) electrons. The molecule has 2 aliphatic rings. The van der Waals surface area contributed by atoms with Gasteiger partial charge in [-0.2, -0.15) is 13.2 Å². The van der Waals surface area contributed by atoms with Crippen molar-refractivity contribution in [2.45, 2.75) is 31.1 Å². The van der Waals surface area contributed by atoms with Crippen molar-refractivity contribution in [1.82, 2.24) is 4.90 Å². The standard InChI is InChI=1S/C8H9F3N2O2/c9-8(10,11)7(15)13-4-1-3(4)2-5(13)6(12)14/h3-5H,1-2H2,(H2,12,14)/t3-,4?,5-/m0/s1. The van der Waals surface area contributed by atoms with E-state index in [0.29, 0.717) is 11.3 Å². The largest absolute Gasteiger partial charge is 0.471 e. The zero-order valence-corrected chi connectivity index (χ0v) is 7.62. The summed E-state index contributed by atoms with van der Waals surface area (Å²) < 4.78 is 36.6. The molecule has 0 spiro atoms. The summed E-state index contributed by atoms with van der Waals surface area (Å²) in [5, 5.41) is 0. The van der Waals surface area contributed by atoms with Crippen LogP contribution in [0.15, 0.2) is 0 Å². The lowest BCUT2D eigenvalue weighted by Crippen LogP contribution is -2.50. The molecule has 1 unspecified atom stereocenters. The predicted molar refractivity (Wildman–Crippen MR) is 42.4 cm³/mol. The Balaban J connectivity index is 2.19. The first kappa shape index (κ1) is 10.3. The molecule has 2 fully saturated rings. The van der Waals surface area contributed by atoms with E-state index in [4.69, 9.17) is 5.73 Å². The highest BCUT2D eigenvalue weighted by Gasteiger charge is 2.60. The second kappa shape index (κ2) is 2.86. The van der Waals surface area contributed by atoms with Crippen molar-refractivity contribution in [2.75, 3.05) is 0 Å². The first-order valence-corrected chi connectivity index (χ1v) is 4.51. The highest BCUT2D eigenvalue weighted by molar-refractivity contribution is 5.90. The van der Waals surface area contributed by atoms with E-state index in [1.807, 2.05) is 0 Å². The first-order chi connectivity index (χ1) is 6.82. The van der Waals surface area contributed by atoms with E-state index in [1.165, 1.54) is 0 Å². The van der Waals surface area contributed by atoms with Gasteiger partial charge in [0.15, 0.2) is 0 Å². The van der Waals surface area contributed by atoms with Crippen LogP contribution >= 0.6 is 0 Å². The minimum absolute atomic E-state index is 0.0220. The normalized spacial score (nSPS) is 33.8. The van der Waals surface area contributed by atoms with Crippen molar-refractivity contribution in [1.29, 1.82) is 0 Å². The molecule has 7 heteroatoms. The van der Waals surface area contributed by atoms with Crippen LogP contribution in [0.25, 0.3) is 0 Å². The monoisotopic (exact) mass is 222 g/mol. The number of rotatable bonds is 1. The average Bonchev–Trinajstić information content (AvgIpc) is 2.75. The maximum atomic E-state index is 12.2. The van der Waals surface area contributed by atoms with Gasteiger partial charge < -0.3 is 10.6 Å². The van der Waals surface area contributed by atoms with E-state index >= 15 is 0 Å². The summed E-state index contributed by atoms with van der Waals surface area (Å²) in [5.41, 5.74) is 4.95. The zero-order chi connectivity index (χ0) is 11.4. The van der Waals surface area contributed by atoms with Gasteiger partial charge in [-0.3, -0.25) is 9.59 Å². The van der Waals surface area contributed by atoms with E-state index in [-0.39, 0.29) is 12.3 Å². The SMILES string of the molecule is NC(=O)[C@@H]1C[C@@H]2CC2N1C(=O)C(F)(F)F. The number of hydrogen-bond donors (Lipinski definition) is 1. The van der Waals surface area contributed by atoms with Crippen LogP contribution in [0, 0.1) is 5.92 Å². The number of likely N-dealkylation sites (tertiary alicyclic amines) is 1. The van der Waals surface area contributed by atoms with Gasteiger partial charge >= 0.3 is 12.1 Å². The molecule has 3 atom stereocenters. The zero-order valence-electron chi connectivity index (χ0n) is 7.62. The van der Waals surface area contributed by atoms with Gasteiger partial charge in [0.25, 0.3) is 0 Å². The van der Waals surface area contributed by atoms with E-state index in [0.717, 1.165) is 0 Å². The maximum Gasteiger partial charge on any atom is 0.471 e. The molecule has 84 valence electrons. The Morgan fingerprint density at radius 2 is 1.87 bits per heavy atom. The van der Waals surface area contributed by atoms with Crippen molar-refractivity contribution < 1.29 is 22.8 Å². The molecule has 0 aromatic rings. The number of fused-ring (bicyclic) bond motifs is 1. The number of amides is 2. The minimum Gasteiger partial charge on any atom is -0.368 e. The van der Waals surface area contributed by atoms with Crippen LogP contribution in [0.5, 0.6) is 0 Å². The molecule has 1 saturated carbocycles. The number of primary amides is 1. The molecule has 1 saturated heterocycles. The summed E-state index contributed by atoms with van der Waals surface area (Å²) in [5.74, 6) is -2.79. The van der Waals surface area contributed by atoms with E-state index in [9.17, 15) is 22.8 Å². The van der Waals surface area contributed by atoms with Crippen molar-refractivity contribution in [2.24, 2.45) is 11.7 Å². The van der Waals surface area contributed by atoms with Crippen LogP contribution in [0.4, 0.5) is 13.2 Å². The van der Waals surface area contributed by atoms with E-state index in [2.05, 4.69) is 0 Å². The molecule has 1 aliphatic carbocycles. The lowest BCUT2D eigenvalue weighted by molar-refractivity contribution is -0.187. The van der Waals surface area contributed by atoms with Gasteiger partial charge in [-0.1, -0.05) is 0 Å². The van der Waals surface area contributed by atoms with Gasteiger partial charge in [0.2, 0.25) is 5.91 Å². The summed E-state index contributed by atoms with van der Waals surface area (Å²) >= 11 is 0.